The Hall–Kier alpha value is -1.14. The van der Waals surface area contributed by atoms with Crippen LogP contribution in [0.4, 0.5) is 5.00 Å². The van der Waals surface area contributed by atoms with Gasteiger partial charge in [-0.3, -0.25) is 0 Å². The monoisotopic (exact) mass is 286 g/mol. The second-order valence-electron chi connectivity index (χ2n) is 3.68. The zero-order chi connectivity index (χ0) is 13.5. The summed E-state index contributed by atoms with van der Waals surface area (Å²) in [5.74, 6) is -0.341. The van der Waals surface area contributed by atoms with Crippen LogP contribution in [-0.4, -0.2) is 24.7 Å². The topological polar surface area (TPSA) is 50.4 Å². The molecule has 0 spiro atoms. The number of carbonyl (C=O) groups excluding carboxylic acids is 1. The van der Waals surface area contributed by atoms with Crippen LogP contribution < -0.4 is 10.6 Å². The van der Waals surface area contributed by atoms with Crippen molar-refractivity contribution in [1.82, 2.24) is 5.32 Å². The highest BCUT2D eigenvalue weighted by Gasteiger charge is 2.16. The third kappa shape index (κ3) is 3.96. The van der Waals surface area contributed by atoms with Crippen LogP contribution in [-0.2, 0) is 11.2 Å². The number of aryl methyl sites for hydroxylation is 1. The van der Waals surface area contributed by atoms with E-state index in [0.29, 0.717) is 10.7 Å². The highest BCUT2D eigenvalue weighted by molar-refractivity contribution is 7.80. The van der Waals surface area contributed by atoms with Crippen molar-refractivity contribution in [3.8, 4) is 0 Å². The molecule has 0 aliphatic heterocycles. The SMILES string of the molecule is CCCNC(=S)Nc1sc(CC)cc1C(=O)OC. The molecular formula is C12H18N2O2S2. The molecule has 0 saturated carbocycles. The van der Waals surface area contributed by atoms with Crippen LogP contribution in [0.3, 0.4) is 0 Å². The standard InChI is InChI=1S/C12H18N2O2S2/c1-4-6-13-12(17)14-10-9(11(15)16-3)7-8(5-2)18-10/h7H,4-6H2,1-3H3,(H2,13,14,17). The fraction of sp³-hybridized carbons (Fsp3) is 0.500. The molecule has 2 N–H and O–H groups in total. The lowest BCUT2D eigenvalue weighted by molar-refractivity contribution is 0.0602. The van der Waals surface area contributed by atoms with Gasteiger partial charge < -0.3 is 15.4 Å². The first-order valence-corrected chi connectivity index (χ1v) is 7.10. The van der Waals surface area contributed by atoms with E-state index in [4.69, 9.17) is 17.0 Å². The van der Waals surface area contributed by atoms with Crippen LogP contribution in [0.25, 0.3) is 0 Å². The van der Waals surface area contributed by atoms with E-state index in [1.807, 2.05) is 13.0 Å². The average Bonchev–Trinajstić information content (AvgIpc) is 2.78. The highest BCUT2D eigenvalue weighted by atomic mass is 32.1. The largest absolute Gasteiger partial charge is 0.465 e. The molecule has 100 valence electrons. The van der Waals surface area contributed by atoms with E-state index < -0.39 is 0 Å². The fourth-order valence-electron chi connectivity index (χ4n) is 1.36. The molecule has 0 saturated heterocycles. The number of ether oxygens (including phenoxy) is 1. The third-order valence-electron chi connectivity index (χ3n) is 2.30. The summed E-state index contributed by atoms with van der Waals surface area (Å²) in [7, 11) is 1.38. The Bertz CT molecular complexity index is 430. The summed E-state index contributed by atoms with van der Waals surface area (Å²) in [6, 6.07) is 1.85. The molecule has 0 radical (unpaired) electrons. The molecule has 4 nitrogen and oxygen atoms in total. The normalized spacial score (nSPS) is 9.94. The number of anilines is 1. The van der Waals surface area contributed by atoms with Crippen LogP contribution in [0.15, 0.2) is 6.07 Å². The minimum Gasteiger partial charge on any atom is -0.465 e. The fourth-order valence-corrected chi connectivity index (χ4v) is 2.61. The van der Waals surface area contributed by atoms with Crippen LogP contribution >= 0.6 is 23.6 Å². The molecule has 0 amide bonds. The lowest BCUT2D eigenvalue weighted by atomic mass is 10.2. The van der Waals surface area contributed by atoms with Gasteiger partial charge in [-0.2, -0.15) is 0 Å². The quantitative estimate of drug-likeness (QED) is 0.644. The van der Waals surface area contributed by atoms with Gasteiger partial charge in [-0.15, -0.1) is 11.3 Å². The van der Waals surface area contributed by atoms with Crippen molar-refractivity contribution in [2.24, 2.45) is 0 Å². The highest BCUT2D eigenvalue weighted by Crippen LogP contribution is 2.29. The average molecular weight is 286 g/mol. The predicted octanol–water partition coefficient (Wildman–Crippen LogP) is 2.79. The number of nitrogens with one attached hydrogen (secondary N) is 2. The van der Waals surface area contributed by atoms with Crippen LogP contribution in [0.1, 0.15) is 35.5 Å². The van der Waals surface area contributed by atoms with E-state index in [9.17, 15) is 4.79 Å². The molecule has 1 heterocycles. The van der Waals surface area contributed by atoms with Gasteiger partial charge in [0.15, 0.2) is 5.11 Å². The molecule has 1 rings (SSSR count). The number of methoxy groups -OCH3 is 1. The lowest BCUT2D eigenvalue weighted by Crippen LogP contribution is -2.29. The maximum Gasteiger partial charge on any atom is 0.340 e. The predicted molar refractivity (Wildman–Crippen MR) is 79.6 cm³/mol. The van der Waals surface area contributed by atoms with Crippen LogP contribution in [0.5, 0.6) is 0 Å². The number of thiocarbonyl (C=S) groups is 1. The molecule has 0 atom stereocenters. The van der Waals surface area contributed by atoms with Crippen molar-refractivity contribution in [2.75, 3.05) is 19.0 Å². The van der Waals surface area contributed by atoms with Gasteiger partial charge in [0.2, 0.25) is 0 Å². The number of rotatable bonds is 5. The molecule has 0 bridgehead atoms. The number of hydrogen-bond donors (Lipinski definition) is 2. The summed E-state index contributed by atoms with van der Waals surface area (Å²) in [5.41, 5.74) is 0.542. The van der Waals surface area contributed by atoms with Gasteiger partial charge in [-0.1, -0.05) is 13.8 Å². The number of esters is 1. The Balaban J connectivity index is 2.82. The minimum atomic E-state index is -0.341. The Morgan fingerprint density at radius 1 is 1.50 bits per heavy atom. The van der Waals surface area contributed by atoms with E-state index in [0.717, 1.165) is 29.3 Å². The number of hydrogen-bond acceptors (Lipinski definition) is 4. The van der Waals surface area contributed by atoms with E-state index in [1.165, 1.54) is 18.4 Å². The Morgan fingerprint density at radius 2 is 2.22 bits per heavy atom. The van der Waals surface area contributed by atoms with Gasteiger partial charge in [-0.25, -0.2) is 4.79 Å². The van der Waals surface area contributed by atoms with E-state index in [1.54, 1.807) is 0 Å². The molecule has 18 heavy (non-hydrogen) atoms. The van der Waals surface area contributed by atoms with Crippen molar-refractivity contribution in [1.29, 1.82) is 0 Å². The van der Waals surface area contributed by atoms with Gasteiger partial charge in [0.1, 0.15) is 5.00 Å². The van der Waals surface area contributed by atoms with Crippen molar-refractivity contribution in [3.05, 3.63) is 16.5 Å². The molecule has 1 aromatic rings. The first-order valence-electron chi connectivity index (χ1n) is 5.88. The van der Waals surface area contributed by atoms with Gasteiger partial charge in [-0.05, 0) is 31.1 Å². The Kier molecular flexibility index (Phi) is 6.07. The van der Waals surface area contributed by atoms with Crippen molar-refractivity contribution < 1.29 is 9.53 Å². The molecule has 0 aliphatic rings. The van der Waals surface area contributed by atoms with E-state index in [-0.39, 0.29) is 5.97 Å². The van der Waals surface area contributed by atoms with E-state index >= 15 is 0 Å². The van der Waals surface area contributed by atoms with Crippen molar-refractivity contribution in [3.63, 3.8) is 0 Å². The lowest BCUT2D eigenvalue weighted by Gasteiger charge is -2.09. The second-order valence-corrected chi connectivity index (χ2v) is 5.23. The summed E-state index contributed by atoms with van der Waals surface area (Å²) in [6.07, 6.45) is 1.88. The van der Waals surface area contributed by atoms with Gasteiger partial charge in [0.05, 0.1) is 12.7 Å². The first-order chi connectivity index (χ1) is 8.62. The maximum absolute atomic E-state index is 11.6. The molecule has 1 aromatic heterocycles. The van der Waals surface area contributed by atoms with Crippen molar-refractivity contribution in [2.45, 2.75) is 26.7 Å². The van der Waals surface area contributed by atoms with Gasteiger partial charge in [0, 0.05) is 11.4 Å². The zero-order valence-electron chi connectivity index (χ0n) is 10.8. The summed E-state index contributed by atoms with van der Waals surface area (Å²) < 4.78 is 4.76. The molecular weight excluding hydrogens is 268 g/mol. The van der Waals surface area contributed by atoms with Crippen LogP contribution in [0, 0.1) is 0 Å². The molecule has 0 aliphatic carbocycles. The zero-order valence-corrected chi connectivity index (χ0v) is 12.5. The maximum atomic E-state index is 11.6. The minimum absolute atomic E-state index is 0.341. The smallest absolute Gasteiger partial charge is 0.340 e. The first kappa shape index (κ1) is 14.9. The van der Waals surface area contributed by atoms with E-state index in [2.05, 4.69) is 17.6 Å². The van der Waals surface area contributed by atoms with Crippen molar-refractivity contribution >= 4 is 39.6 Å². The summed E-state index contributed by atoms with van der Waals surface area (Å²) in [5, 5.41) is 7.40. The molecule has 6 heteroatoms. The Labute approximate surface area is 117 Å². The molecule has 0 aromatic carbocycles. The summed E-state index contributed by atoms with van der Waals surface area (Å²) in [4.78, 5) is 12.8. The van der Waals surface area contributed by atoms with Gasteiger partial charge >= 0.3 is 5.97 Å². The number of carbonyl (C=O) groups is 1. The molecule has 0 unspecified atom stereocenters. The van der Waals surface area contributed by atoms with Crippen LogP contribution in [0.2, 0.25) is 0 Å². The molecule has 0 fully saturated rings. The number of thiophene rings is 1. The second kappa shape index (κ2) is 7.33. The Morgan fingerprint density at radius 3 is 2.78 bits per heavy atom. The summed E-state index contributed by atoms with van der Waals surface area (Å²) in [6.45, 7) is 4.92. The van der Waals surface area contributed by atoms with Gasteiger partial charge in [0.25, 0.3) is 0 Å². The summed E-state index contributed by atoms with van der Waals surface area (Å²) >= 11 is 6.69. The third-order valence-corrected chi connectivity index (χ3v) is 3.74.